The average Bonchev–Trinajstić information content (AvgIpc) is 2.72. The molecule has 2 aromatic rings. The number of carbonyl (C=O) groups excluding carboxylic acids is 1. The van der Waals surface area contributed by atoms with Crippen LogP contribution in [0, 0.1) is 0 Å². The fourth-order valence-corrected chi connectivity index (χ4v) is 2.30. The lowest BCUT2D eigenvalue weighted by molar-refractivity contribution is -0.119. The van der Waals surface area contributed by atoms with E-state index in [1.54, 1.807) is 9.42 Å². The van der Waals surface area contributed by atoms with E-state index in [9.17, 15) is 4.79 Å². The summed E-state index contributed by atoms with van der Waals surface area (Å²) in [7, 11) is 0. The van der Waals surface area contributed by atoms with Crippen LogP contribution < -0.4 is 4.90 Å². The molecular formula is C10H10IN5O. The van der Waals surface area contributed by atoms with Gasteiger partial charge in [0.1, 0.15) is 0 Å². The summed E-state index contributed by atoms with van der Waals surface area (Å²) in [6, 6.07) is 5.66. The summed E-state index contributed by atoms with van der Waals surface area (Å²) in [5, 5.41) is 4.30. The monoisotopic (exact) mass is 343 g/mol. The van der Waals surface area contributed by atoms with Crippen molar-refractivity contribution in [1.82, 2.24) is 17.7 Å². The van der Waals surface area contributed by atoms with Crippen molar-refractivity contribution in [2.45, 2.75) is 0 Å². The Morgan fingerprint density at radius 1 is 1.29 bits per heavy atom. The SMILES string of the molecule is O=C1CN(I)CCN1c1nc2ccccn2n1. The highest BCUT2D eigenvalue weighted by atomic mass is 127. The molecule has 0 atom stereocenters. The number of aromatic nitrogens is 3. The first-order chi connectivity index (χ1) is 8.24. The molecule has 1 aliphatic heterocycles. The van der Waals surface area contributed by atoms with E-state index >= 15 is 0 Å². The Balaban J connectivity index is 1.95. The number of rotatable bonds is 1. The van der Waals surface area contributed by atoms with Gasteiger partial charge >= 0.3 is 0 Å². The summed E-state index contributed by atoms with van der Waals surface area (Å²) in [6.45, 7) is 1.89. The summed E-state index contributed by atoms with van der Waals surface area (Å²) >= 11 is 2.16. The van der Waals surface area contributed by atoms with Gasteiger partial charge in [0.15, 0.2) is 5.65 Å². The highest BCUT2D eigenvalue weighted by Crippen LogP contribution is 2.15. The van der Waals surface area contributed by atoms with Crippen LogP contribution in [0.15, 0.2) is 24.4 Å². The minimum atomic E-state index is 0.0431. The number of piperazine rings is 1. The van der Waals surface area contributed by atoms with Crippen LogP contribution in [0.4, 0.5) is 5.95 Å². The summed E-state index contributed by atoms with van der Waals surface area (Å²) < 4.78 is 3.64. The number of fused-ring (bicyclic) bond motifs is 1. The van der Waals surface area contributed by atoms with Gasteiger partial charge in [0.2, 0.25) is 5.91 Å². The number of anilines is 1. The van der Waals surface area contributed by atoms with Gasteiger partial charge in [0, 0.05) is 42.2 Å². The third-order valence-electron chi connectivity index (χ3n) is 2.65. The summed E-state index contributed by atoms with van der Waals surface area (Å²) in [5.74, 6) is 0.534. The fourth-order valence-electron chi connectivity index (χ4n) is 1.79. The Kier molecular flexibility index (Phi) is 2.71. The quantitative estimate of drug-likeness (QED) is 0.566. The number of nitrogens with zero attached hydrogens (tertiary/aromatic N) is 5. The van der Waals surface area contributed by atoms with Crippen molar-refractivity contribution >= 4 is 40.4 Å². The molecule has 7 heteroatoms. The molecule has 1 fully saturated rings. The van der Waals surface area contributed by atoms with E-state index in [4.69, 9.17) is 0 Å². The predicted molar refractivity (Wildman–Crippen MR) is 70.9 cm³/mol. The smallest absolute Gasteiger partial charge is 0.252 e. The molecular weight excluding hydrogens is 333 g/mol. The van der Waals surface area contributed by atoms with Crippen molar-refractivity contribution in [3.05, 3.63) is 24.4 Å². The van der Waals surface area contributed by atoms with Gasteiger partial charge in [-0.1, -0.05) is 6.07 Å². The van der Waals surface area contributed by atoms with Crippen LogP contribution in [0.25, 0.3) is 5.65 Å². The highest BCUT2D eigenvalue weighted by molar-refractivity contribution is 14.1. The topological polar surface area (TPSA) is 53.7 Å². The van der Waals surface area contributed by atoms with E-state index in [-0.39, 0.29) is 5.91 Å². The van der Waals surface area contributed by atoms with Crippen molar-refractivity contribution in [3.8, 4) is 0 Å². The number of hydrogen-bond acceptors (Lipinski definition) is 4. The molecule has 0 saturated carbocycles. The van der Waals surface area contributed by atoms with Gasteiger partial charge in [-0.15, -0.1) is 5.10 Å². The Hall–Kier alpha value is -1.22. The third-order valence-corrected chi connectivity index (χ3v) is 3.47. The van der Waals surface area contributed by atoms with Gasteiger partial charge in [-0.3, -0.25) is 9.69 Å². The highest BCUT2D eigenvalue weighted by Gasteiger charge is 2.26. The van der Waals surface area contributed by atoms with Crippen LogP contribution in [0.5, 0.6) is 0 Å². The Bertz CT molecular complexity index is 536. The first kappa shape index (κ1) is 10.9. The molecule has 0 bridgehead atoms. The van der Waals surface area contributed by atoms with Crippen LogP contribution >= 0.6 is 22.9 Å². The minimum Gasteiger partial charge on any atom is -0.277 e. The molecule has 0 N–H and O–H groups in total. The van der Waals surface area contributed by atoms with Gasteiger partial charge < -0.3 is 0 Å². The van der Waals surface area contributed by atoms with Gasteiger partial charge in [-0.25, -0.2) is 7.63 Å². The lowest BCUT2D eigenvalue weighted by atomic mass is 10.4. The molecule has 0 aromatic carbocycles. The minimum absolute atomic E-state index is 0.0431. The van der Waals surface area contributed by atoms with Gasteiger partial charge in [-0.05, 0) is 12.1 Å². The van der Waals surface area contributed by atoms with Gasteiger partial charge in [-0.2, -0.15) is 4.98 Å². The molecule has 0 unspecified atom stereocenters. The molecule has 17 heavy (non-hydrogen) atoms. The lowest BCUT2D eigenvalue weighted by Crippen LogP contribution is -2.47. The Morgan fingerprint density at radius 3 is 2.94 bits per heavy atom. The second-order valence-electron chi connectivity index (χ2n) is 3.80. The van der Waals surface area contributed by atoms with E-state index in [2.05, 4.69) is 32.9 Å². The standard InChI is InChI=1S/C10H10IN5O/c11-14-5-6-15(9(17)7-14)10-12-8-3-1-2-4-16(8)13-10/h1-4H,5-7H2. The summed E-state index contributed by atoms with van der Waals surface area (Å²) in [4.78, 5) is 17.9. The number of pyridine rings is 1. The Labute approximate surface area is 112 Å². The zero-order chi connectivity index (χ0) is 11.8. The normalized spacial score (nSPS) is 17.9. The zero-order valence-corrected chi connectivity index (χ0v) is 11.1. The van der Waals surface area contributed by atoms with Crippen molar-refractivity contribution in [3.63, 3.8) is 0 Å². The molecule has 6 nitrogen and oxygen atoms in total. The Morgan fingerprint density at radius 2 is 2.18 bits per heavy atom. The fraction of sp³-hybridized carbons (Fsp3) is 0.300. The molecule has 2 aromatic heterocycles. The van der Waals surface area contributed by atoms with Crippen LogP contribution in [0.2, 0.25) is 0 Å². The number of halogens is 1. The van der Waals surface area contributed by atoms with Crippen molar-refractivity contribution in [2.75, 3.05) is 24.5 Å². The largest absolute Gasteiger partial charge is 0.277 e. The maximum atomic E-state index is 11.9. The number of carbonyl (C=O) groups is 1. The van der Waals surface area contributed by atoms with Gasteiger partial charge in [0.05, 0.1) is 6.54 Å². The van der Waals surface area contributed by atoms with E-state index in [0.717, 1.165) is 12.2 Å². The molecule has 0 aliphatic carbocycles. The van der Waals surface area contributed by atoms with Crippen molar-refractivity contribution in [2.24, 2.45) is 0 Å². The molecule has 1 amide bonds. The van der Waals surface area contributed by atoms with Gasteiger partial charge in [0.25, 0.3) is 5.95 Å². The molecule has 3 heterocycles. The molecule has 1 saturated heterocycles. The number of hydrogen-bond donors (Lipinski definition) is 0. The van der Waals surface area contributed by atoms with E-state index in [1.807, 2.05) is 27.5 Å². The van der Waals surface area contributed by atoms with E-state index < -0.39 is 0 Å². The lowest BCUT2D eigenvalue weighted by Gasteiger charge is -2.28. The third kappa shape index (κ3) is 2.00. The first-order valence-corrected chi connectivity index (χ1v) is 6.23. The average molecular weight is 343 g/mol. The number of amides is 1. The van der Waals surface area contributed by atoms with Crippen LogP contribution in [0.1, 0.15) is 0 Å². The molecule has 1 aliphatic rings. The van der Waals surface area contributed by atoms with Crippen LogP contribution in [0.3, 0.4) is 0 Å². The molecule has 3 rings (SSSR count). The van der Waals surface area contributed by atoms with E-state index in [0.29, 0.717) is 19.0 Å². The maximum absolute atomic E-state index is 11.9. The molecule has 0 spiro atoms. The van der Waals surface area contributed by atoms with Crippen LogP contribution in [-0.2, 0) is 4.79 Å². The summed E-state index contributed by atoms with van der Waals surface area (Å²) in [5.41, 5.74) is 0.757. The predicted octanol–water partition coefficient (Wildman–Crippen LogP) is 0.728. The second-order valence-corrected chi connectivity index (χ2v) is 5.17. The van der Waals surface area contributed by atoms with Crippen molar-refractivity contribution < 1.29 is 4.79 Å². The zero-order valence-electron chi connectivity index (χ0n) is 8.95. The van der Waals surface area contributed by atoms with Crippen molar-refractivity contribution in [1.29, 1.82) is 0 Å². The second kappa shape index (κ2) is 4.22. The molecule has 88 valence electrons. The molecule has 0 radical (unpaired) electrons. The summed E-state index contributed by atoms with van der Waals surface area (Å²) in [6.07, 6.45) is 1.82. The van der Waals surface area contributed by atoms with Crippen LogP contribution in [-0.4, -0.2) is 43.3 Å². The van der Waals surface area contributed by atoms with E-state index in [1.165, 1.54) is 0 Å². The first-order valence-electron chi connectivity index (χ1n) is 5.26. The maximum Gasteiger partial charge on any atom is 0.252 e.